The smallest absolute Gasteiger partial charge is 0.328 e. The summed E-state index contributed by atoms with van der Waals surface area (Å²) in [4.78, 5) is 14.5. The molecule has 1 fully saturated rings. The number of thiocarbonyl (C=S) groups is 2. The molecule has 1 atom stereocenters. The van der Waals surface area contributed by atoms with Crippen molar-refractivity contribution in [2.45, 2.75) is 60.0 Å². The highest BCUT2D eigenvalue weighted by molar-refractivity contribution is 7.80. The summed E-state index contributed by atoms with van der Waals surface area (Å²) in [6.07, 6.45) is 1.89. The van der Waals surface area contributed by atoms with Gasteiger partial charge in [0.1, 0.15) is 6.04 Å². The second kappa shape index (κ2) is 14.3. The van der Waals surface area contributed by atoms with E-state index in [1.807, 2.05) is 32.6 Å². The predicted octanol–water partition coefficient (Wildman–Crippen LogP) is 5.04. The maximum atomic E-state index is 13.3. The van der Waals surface area contributed by atoms with Gasteiger partial charge in [0.15, 0.2) is 11.6 Å². The molecule has 0 aliphatic carbocycles. The number of hydrogen-bond donors (Lipinski definition) is 1. The number of hydrogen-bond acceptors (Lipinski definition) is 4. The largest absolute Gasteiger partial charge is 0.467 e. The van der Waals surface area contributed by atoms with E-state index in [0.717, 1.165) is 30.4 Å². The van der Waals surface area contributed by atoms with Crippen LogP contribution >= 0.6 is 24.4 Å². The molecule has 0 bridgehead atoms. The molecular weight excluding hydrogens is 414 g/mol. The van der Waals surface area contributed by atoms with E-state index in [-0.39, 0.29) is 17.9 Å². The van der Waals surface area contributed by atoms with Crippen LogP contribution in [0.4, 0.5) is 8.78 Å². The van der Waals surface area contributed by atoms with Crippen molar-refractivity contribution in [1.82, 2.24) is 10.2 Å². The third kappa shape index (κ3) is 9.58. The average molecular weight is 447 g/mol. The lowest BCUT2D eigenvalue weighted by atomic mass is 10.1. The number of nitrogens with one attached hydrogen (secondary N) is 1. The highest BCUT2D eigenvalue weighted by Gasteiger charge is 2.22. The minimum absolute atomic E-state index is 0.176. The second-order valence-electron chi connectivity index (χ2n) is 6.58. The third-order valence-electron chi connectivity index (χ3n) is 4.04. The van der Waals surface area contributed by atoms with Crippen molar-refractivity contribution in [2.24, 2.45) is 5.92 Å². The monoisotopic (exact) mass is 446 g/mol. The lowest BCUT2D eigenvalue weighted by Crippen LogP contribution is -2.43. The zero-order chi connectivity index (χ0) is 22.6. The van der Waals surface area contributed by atoms with Crippen molar-refractivity contribution < 1.29 is 18.3 Å². The minimum Gasteiger partial charge on any atom is -0.467 e. The van der Waals surface area contributed by atoms with Crippen LogP contribution in [0.15, 0.2) is 18.2 Å². The summed E-state index contributed by atoms with van der Waals surface area (Å²) in [5.41, 5.74) is 0.374. The Morgan fingerprint density at radius 2 is 1.93 bits per heavy atom. The van der Waals surface area contributed by atoms with Crippen molar-refractivity contribution in [3.63, 3.8) is 0 Å². The first-order valence-electron chi connectivity index (χ1n) is 9.73. The molecule has 2 rings (SSSR count). The van der Waals surface area contributed by atoms with Crippen LogP contribution in [0.2, 0.25) is 0 Å². The fourth-order valence-corrected chi connectivity index (χ4v) is 3.02. The zero-order valence-electron chi connectivity index (χ0n) is 18.1. The van der Waals surface area contributed by atoms with E-state index >= 15 is 0 Å². The number of halogens is 2. The number of methoxy groups -OCH3 is 1. The lowest BCUT2D eigenvalue weighted by molar-refractivity contribution is -0.143. The van der Waals surface area contributed by atoms with Gasteiger partial charge in [-0.25, -0.2) is 13.6 Å². The summed E-state index contributed by atoms with van der Waals surface area (Å²) < 4.78 is 30.9. The molecule has 29 heavy (non-hydrogen) atoms. The topological polar surface area (TPSA) is 41.6 Å². The Morgan fingerprint density at radius 1 is 1.31 bits per heavy atom. The molecule has 1 aromatic rings. The minimum atomic E-state index is -0.794. The van der Waals surface area contributed by atoms with Crippen molar-refractivity contribution >= 4 is 40.4 Å². The van der Waals surface area contributed by atoms with Crippen LogP contribution in [-0.2, 0) is 16.1 Å². The standard InChI is InChI=1S/C11H11F2NS.C8H15NO2S.C2H6/c12-9-4-1-3-8(11(9)13)7-14-6-2-5-10(14)15;1-5(2)7(8(10)11-4)9-6(3)12;1-2/h1,3-4H,2,5-7H2;5,7H,1-4H3,(H,9,12);1-2H3. The highest BCUT2D eigenvalue weighted by atomic mass is 32.1. The molecule has 164 valence electrons. The molecule has 1 N–H and O–H groups in total. The van der Waals surface area contributed by atoms with Gasteiger partial charge in [-0.3, -0.25) is 0 Å². The van der Waals surface area contributed by atoms with Crippen molar-refractivity contribution in [3.8, 4) is 0 Å². The van der Waals surface area contributed by atoms with E-state index in [4.69, 9.17) is 24.4 Å². The fourth-order valence-electron chi connectivity index (χ4n) is 2.59. The van der Waals surface area contributed by atoms with Crippen molar-refractivity contribution in [2.75, 3.05) is 13.7 Å². The number of carbonyl (C=O) groups excluding carboxylic acids is 1. The summed E-state index contributed by atoms with van der Waals surface area (Å²) in [6.45, 7) is 10.8. The van der Waals surface area contributed by atoms with Gasteiger partial charge in [0.25, 0.3) is 0 Å². The quantitative estimate of drug-likeness (QED) is 0.505. The molecule has 1 aromatic carbocycles. The maximum Gasteiger partial charge on any atom is 0.328 e. The Balaban J connectivity index is 0.000000512. The first kappa shape index (κ1) is 27.3. The van der Waals surface area contributed by atoms with Crippen molar-refractivity contribution in [3.05, 3.63) is 35.4 Å². The van der Waals surface area contributed by atoms with Gasteiger partial charge in [0.2, 0.25) is 0 Å². The third-order valence-corrected chi connectivity index (χ3v) is 4.62. The number of benzene rings is 1. The summed E-state index contributed by atoms with van der Waals surface area (Å²) >= 11 is 9.96. The van der Waals surface area contributed by atoms with Crippen LogP contribution < -0.4 is 5.32 Å². The van der Waals surface area contributed by atoms with Crippen LogP contribution in [0.3, 0.4) is 0 Å². The lowest BCUT2D eigenvalue weighted by Gasteiger charge is -2.19. The first-order chi connectivity index (χ1) is 13.7. The number of rotatable bonds is 5. The fraction of sp³-hybridized carbons (Fsp3) is 0.571. The second-order valence-corrected chi connectivity index (χ2v) is 7.66. The van der Waals surface area contributed by atoms with Gasteiger partial charge >= 0.3 is 5.97 Å². The SMILES string of the molecule is CC.COC(=O)C(NC(C)=S)C(C)C.Fc1cccc(CN2CCCC2=S)c1F. The first-order valence-corrected chi connectivity index (χ1v) is 10.5. The predicted molar refractivity (Wildman–Crippen MR) is 122 cm³/mol. The van der Waals surface area contributed by atoms with E-state index in [0.29, 0.717) is 17.1 Å². The number of carbonyl (C=O) groups is 1. The van der Waals surface area contributed by atoms with E-state index in [1.54, 1.807) is 13.0 Å². The molecule has 1 heterocycles. The molecule has 1 aliphatic heterocycles. The number of nitrogens with zero attached hydrogens (tertiary/aromatic N) is 1. The molecule has 0 radical (unpaired) electrons. The van der Waals surface area contributed by atoms with E-state index < -0.39 is 11.6 Å². The van der Waals surface area contributed by atoms with Gasteiger partial charge in [0.05, 0.1) is 17.1 Å². The van der Waals surface area contributed by atoms with E-state index in [9.17, 15) is 13.6 Å². The summed E-state index contributed by atoms with van der Waals surface area (Å²) in [6, 6.07) is 3.92. The highest BCUT2D eigenvalue weighted by Crippen LogP contribution is 2.18. The molecule has 1 saturated heterocycles. The van der Waals surface area contributed by atoms with Crippen LogP contribution in [0.5, 0.6) is 0 Å². The van der Waals surface area contributed by atoms with Gasteiger partial charge in [-0.1, -0.05) is 64.3 Å². The Morgan fingerprint density at radius 3 is 2.38 bits per heavy atom. The summed E-state index contributed by atoms with van der Waals surface area (Å²) in [5, 5.41) is 2.89. The van der Waals surface area contributed by atoms with Gasteiger partial charge in [0, 0.05) is 18.7 Å². The van der Waals surface area contributed by atoms with Gasteiger partial charge in [-0.15, -0.1) is 0 Å². The summed E-state index contributed by atoms with van der Waals surface area (Å²) in [5.74, 6) is -1.64. The van der Waals surface area contributed by atoms with Crippen molar-refractivity contribution in [1.29, 1.82) is 0 Å². The number of esters is 1. The molecule has 0 spiro atoms. The zero-order valence-corrected chi connectivity index (χ0v) is 19.7. The number of ether oxygens (including phenoxy) is 1. The molecule has 0 aromatic heterocycles. The molecule has 0 saturated carbocycles. The molecule has 8 heteroatoms. The number of likely N-dealkylation sites (tertiary alicyclic amines) is 1. The van der Waals surface area contributed by atoms with Gasteiger partial charge in [-0.2, -0.15) is 0 Å². The van der Waals surface area contributed by atoms with E-state index in [1.165, 1.54) is 13.2 Å². The summed E-state index contributed by atoms with van der Waals surface area (Å²) in [7, 11) is 1.37. The normalized spacial score (nSPS) is 13.7. The molecular formula is C21H32F2N2O2S2. The van der Waals surface area contributed by atoms with Crippen LogP contribution in [-0.4, -0.2) is 40.5 Å². The molecule has 1 aliphatic rings. The van der Waals surface area contributed by atoms with Crippen LogP contribution in [0, 0.1) is 17.6 Å². The molecule has 1 unspecified atom stereocenters. The maximum absolute atomic E-state index is 13.3. The average Bonchev–Trinajstić information content (AvgIpc) is 3.09. The van der Waals surface area contributed by atoms with E-state index in [2.05, 4.69) is 10.1 Å². The van der Waals surface area contributed by atoms with Crippen LogP contribution in [0.1, 0.15) is 53.0 Å². The Bertz CT molecular complexity index is 685. The molecule has 0 amide bonds. The van der Waals surface area contributed by atoms with Crippen LogP contribution in [0.25, 0.3) is 0 Å². The van der Waals surface area contributed by atoms with Gasteiger partial charge < -0.3 is 15.0 Å². The Hall–Kier alpha value is -1.67. The Labute approximate surface area is 184 Å². The Kier molecular flexibility index (Phi) is 13.5. The van der Waals surface area contributed by atoms with Gasteiger partial charge in [-0.05, 0) is 31.7 Å². The molecule has 4 nitrogen and oxygen atoms in total.